The SMILES string of the molecule is Cc1ccccc1Cc1nc(C(=O)CCl)cs1. The molecule has 4 heteroatoms. The van der Waals surface area contributed by atoms with Gasteiger partial charge < -0.3 is 0 Å². The minimum atomic E-state index is -0.112. The second kappa shape index (κ2) is 5.43. The highest BCUT2D eigenvalue weighted by molar-refractivity contribution is 7.09. The molecule has 0 atom stereocenters. The average molecular weight is 266 g/mol. The standard InChI is InChI=1S/C13H12ClNOS/c1-9-4-2-3-5-10(9)6-13-15-11(8-17-13)12(16)7-14/h2-5,8H,6-7H2,1H3. The van der Waals surface area contributed by atoms with Gasteiger partial charge in [-0.25, -0.2) is 4.98 Å². The minimum Gasteiger partial charge on any atom is -0.291 e. The van der Waals surface area contributed by atoms with Crippen molar-refractivity contribution in [3.05, 3.63) is 51.5 Å². The van der Waals surface area contributed by atoms with Crippen molar-refractivity contribution in [2.24, 2.45) is 0 Å². The molecule has 88 valence electrons. The summed E-state index contributed by atoms with van der Waals surface area (Å²) < 4.78 is 0. The van der Waals surface area contributed by atoms with Crippen LogP contribution in [-0.4, -0.2) is 16.6 Å². The van der Waals surface area contributed by atoms with Gasteiger partial charge in [0.1, 0.15) is 5.69 Å². The van der Waals surface area contributed by atoms with Gasteiger partial charge in [-0.1, -0.05) is 24.3 Å². The molecule has 0 unspecified atom stereocenters. The van der Waals surface area contributed by atoms with E-state index < -0.39 is 0 Å². The summed E-state index contributed by atoms with van der Waals surface area (Å²) in [6, 6.07) is 8.19. The average Bonchev–Trinajstić information content (AvgIpc) is 2.80. The van der Waals surface area contributed by atoms with Crippen LogP contribution in [0.4, 0.5) is 0 Å². The van der Waals surface area contributed by atoms with Gasteiger partial charge in [-0.05, 0) is 18.1 Å². The number of hydrogen-bond acceptors (Lipinski definition) is 3. The smallest absolute Gasteiger partial charge is 0.196 e. The van der Waals surface area contributed by atoms with E-state index in [0.29, 0.717) is 5.69 Å². The lowest BCUT2D eigenvalue weighted by Gasteiger charge is -2.01. The molecule has 2 nitrogen and oxygen atoms in total. The van der Waals surface area contributed by atoms with E-state index in [1.165, 1.54) is 22.5 Å². The molecule has 17 heavy (non-hydrogen) atoms. The Morgan fingerprint density at radius 3 is 2.88 bits per heavy atom. The topological polar surface area (TPSA) is 30.0 Å². The second-order valence-corrected chi connectivity index (χ2v) is 5.00. The summed E-state index contributed by atoms with van der Waals surface area (Å²) in [4.78, 5) is 15.7. The number of ketones is 1. The van der Waals surface area contributed by atoms with Crippen molar-refractivity contribution in [3.63, 3.8) is 0 Å². The summed E-state index contributed by atoms with van der Waals surface area (Å²) in [5.41, 5.74) is 2.97. The highest BCUT2D eigenvalue weighted by Crippen LogP contribution is 2.17. The number of aromatic nitrogens is 1. The summed E-state index contributed by atoms with van der Waals surface area (Å²) in [5.74, 6) is -0.118. The van der Waals surface area contributed by atoms with E-state index in [2.05, 4.69) is 24.0 Å². The van der Waals surface area contributed by atoms with Crippen LogP contribution in [-0.2, 0) is 6.42 Å². The Bertz CT molecular complexity index is 536. The van der Waals surface area contributed by atoms with Gasteiger partial charge in [-0.3, -0.25) is 4.79 Å². The largest absolute Gasteiger partial charge is 0.291 e. The van der Waals surface area contributed by atoms with Crippen LogP contribution in [0.1, 0.15) is 26.6 Å². The fourth-order valence-corrected chi connectivity index (χ4v) is 2.52. The molecule has 0 aliphatic rings. The summed E-state index contributed by atoms with van der Waals surface area (Å²) in [6.07, 6.45) is 0.771. The molecule has 0 fully saturated rings. The zero-order chi connectivity index (χ0) is 12.3. The fourth-order valence-electron chi connectivity index (χ4n) is 1.56. The van der Waals surface area contributed by atoms with Gasteiger partial charge in [0, 0.05) is 11.8 Å². The molecule has 0 saturated heterocycles. The molecule has 2 rings (SSSR count). The van der Waals surface area contributed by atoms with Gasteiger partial charge >= 0.3 is 0 Å². The monoisotopic (exact) mass is 265 g/mol. The van der Waals surface area contributed by atoms with Gasteiger partial charge in [0.25, 0.3) is 0 Å². The first-order chi connectivity index (χ1) is 8.20. The second-order valence-electron chi connectivity index (χ2n) is 3.79. The van der Waals surface area contributed by atoms with Gasteiger partial charge in [-0.2, -0.15) is 0 Å². The minimum absolute atomic E-state index is 0.00641. The predicted molar refractivity (Wildman–Crippen MR) is 71.1 cm³/mol. The number of halogens is 1. The van der Waals surface area contributed by atoms with Gasteiger partial charge in [0.2, 0.25) is 0 Å². The molecule has 0 bridgehead atoms. The lowest BCUT2D eigenvalue weighted by Crippen LogP contribution is -2.01. The summed E-state index contributed by atoms with van der Waals surface area (Å²) in [5, 5.41) is 2.73. The third kappa shape index (κ3) is 2.93. The van der Waals surface area contributed by atoms with Crippen molar-refractivity contribution in [1.82, 2.24) is 4.98 Å². The summed E-state index contributed by atoms with van der Waals surface area (Å²) in [7, 11) is 0. The number of alkyl halides is 1. The molecule has 0 aliphatic heterocycles. The zero-order valence-electron chi connectivity index (χ0n) is 9.44. The molecule has 0 aliphatic carbocycles. The van der Waals surface area contributed by atoms with E-state index in [1.807, 2.05) is 12.1 Å². The van der Waals surface area contributed by atoms with Crippen LogP contribution in [0.25, 0.3) is 0 Å². The van der Waals surface area contributed by atoms with E-state index in [4.69, 9.17) is 11.6 Å². The number of benzene rings is 1. The maximum atomic E-state index is 11.4. The summed E-state index contributed by atoms with van der Waals surface area (Å²) in [6.45, 7) is 2.08. The highest BCUT2D eigenvalue weighted by Gasteiger charge is 2.10. The van der Waals surface area contributed by atoms with Crippen LogP contribution in [0.15, 0.2) is 29.6 Å². The van der Waals surface area contributed by atoms with Crippen LogP contribution >= 0.6 is 22.9 Å². The number of Topliss-reactive ketones (excluding diaryl/α,β-unsaturated/α-hetero) is 1. The van der Waals surface area contributed by atoms with E-state index in [-0.39, 0.29) is 11.7 Å². The zero-order valence-corrected chi connectivity index (χ0v) is 11.0. The molecule has 2 aromatic rings. The van der Waals surface area contributed by atoms with Crippen molar-refractivity contribution in [3.8, 4) is 0 Å². The quantitative estimate of drug-likeness (QED) is 0.626. The van der Waals surface area contributed by atoms with Crippen molar-refractivity contribution >= 4 is 28.7 Å². The van der Waals surface area contributed by atoms with Crippen LogP contribution in [0.2, 0.25) is 0 Å². The van der Waals surface area contributed by atoms with E-state index in [1.54, 1.807) is 5.38 Å². The Balaban J connectivity index is 2.17. The lowest BCUT2D eigenvalue weighted by atomic mass is 10.1. The van der Waals surface area contributed by atoms with Gasteiger partial charge in [-0.15, -0.1) is 22.9 Å². The first-order valence-electron chi connectivity index (χ1n) is 5.29. The molecule has 0 N–H and O–H groups in total. The van der Waals surface area contributed by atoms with Crippen LogP contribution < -0.4 is 0 Å². The molecule has 0 radical (unpaired) electrons. The Hall–Kier alpha value is -1.19. The Morgan fingerprint density at radius 1 is 1.41 bits per heavy atom. The number of hydrogen-bond donors (Lipinski definition) is 0. The molecule has 1 aromatic heterocycles. The van der Waals surface area contributed by atoms with Gasteiger partial charge in [0.05, 0.1) is 10.9 Å². The predicted octanol–water partition coefficient (Wildman–Crippen LogP) is 3.46. The molecule has 0 amide bonds. The molecular formula is C13H12ClNOS. The number of thiazole rings is 1. The molecule has 1 heterocycles. The number of carbonyl (C=O) groups is 1. The normalized spacial score (nSPS) is 10.5. The third-order valence-electron chi connectivity index (χ3n) is 2.56. The summed E-state index contributed by atoms with van der Waals surface area (Å²) >= 11 is 7.00. The van der Waals surface area contributed by atoms with Crippen molar-refractivity contribution in [1.29, 1.82) is 0 Å². The molecule has 0 spiro atoms. The Labute approximate surface area is 109 Å². The van der Waals surface area contributed by atoms with E-state index in [0.717, 1.165) is 11.4 Å². The number of nitrogens with zero attached hydrogens (tertiary/aromatic N) is 1. The van der Waals surface area contributed by atoms with Crippen LogP contribution in [0.3, 0.4) is 0 Å². The maximum Gasteiger partial charge on any atom is 0.196 e. The Kier molecular flexibility index (Phi) is 3.92. The first-order valence-corrected chi connectivity index (χ1v) is 6.70. The van der Waals surface area contributed by atoms with E-state index >= 15 is 0 Å². The van der Waals surface area contributed by atoms with Crippen LogP contribution in [0.5, 0.6) is 0 Å². The Morgan fingerprint density at radius 2 is 2.18 bits per heavy atom. The van der Waals surface area contributed by atoms with Crippen molar-refractivity contribution in [2.45, 2.75) is 13.3 Å². The van der Waals surface area contributed by atoms with Crippen LogP contribution in [0, 0.1) is 6.92 Å². The van der Waals surface area contributed by atoms with Gasteiger partial charge in [0.15, 0.2) is 5.78 Å². The number of aryl methyl sites for hydroxylation is 1. The van der Waals surface area contributed by atoms with Crippen molar-refractivity contribution < 1.29 is 4.79 Å². The van der Waals surface area contributed by atoms with Crippen molar-refractivity contribution in [2.75, 3.05) is 5.88 Å². The van der Waals surface area contributed by atoms with E-state index in [9.17, 15) is 4.79 Å². The number of carbonyl (C=O) groups excluding carboxylic acids is 1. The third-order valence-corrected chi connectivity index (χ3v) is 3.65. The molecule has 0 saturated carbocycles. The fraction of sp³-hybridized carbons (Fsp3) is 0.231. The molecular weight excluding hydrogens is 254 g/mol. The first kappa shape index (κ1) is 12.3. The molecule has 1 aromatic carbocycles. The highest BCUT2D eigenvalue weighted by atomic mass is 35.5. The number of rotatable bonds is 4. The lowest BCUT2D eigenvalue weighted by molar-refractivity contribution is 0.101. The maximum absolute atomic E-state index is 11.4.